The molecule has 0 radical (unpaired) electrons. The third kappa shape index (κ3) is 5.79. The largest absolute Gasteiger partial charge is 0.480 e. The number of aromatic nitrogens is 3. The van der Waals surface area contributed by atoms with Crippen molar-refractivity contribution in [1.82, 2.24) is 15.0 Å². The van der Waals surface area contributed by atoms with E-state index in [2.05, 4.69) is 33.6 Å². The fraction of sp³-hybridized carbons (Fsp3) is 0.486. The van der Waals surface area contributed by atoms with Crippen molar-refractivity contribution in [2.75, 3.05) is 55.9 Å². The summed E-state index contributed by atoms with van der Waals surface area (Å²) < 4.78 is 57.9. The number of nitrogens with zero attached hydrogens (tertiary/aromatic N) is 5. The fourth-order valence-corrected chi connectivity index (χ4v) is 7.14. The average molecular weight is 676 g/mol. The van der Waals surface area contributed by atoms with E-state index in [-0.39, 0.29) is 35.9 Å². The number of aliphatic carboxylic acids is 1. The normalized spacial score (nSPS) is 24.8. The van der Waals surface area contributed by atoms with Crippen molar-refractivity contribution < 1.29 is 42.0 Å². The van der Waals surface area contributed by atoms with Crippen molar-refractivity contribution in [2.24, 2.45) is 5.92 Å². The van der Waals surface area contributed by atoms with Gasteiger partial charge in [-0.15, -0.1) is 0 Å². The standard InChI is InChI=1S/C35H35F2N5O7/c1-20-35(18-46-19-35)47-12-10-41(20)25-13-22(6-4-5-21-9-11-45-17-21)15-38-33(25)48-23-14-26(34(43)44)42(16-23)32-29-28(39-31(40-32)30(36)37)24-7-2-3-8-27(24)49-29/h2-3,7-8,13,15,20-21,23,26,30H,5,9-12,14,16-19H2,1H3,(H,43,44)/t20-,21?,23-,26-/m0/s1. The Morgan fingerprint density at radius 2 is 2.04 bits per heavy atom. The quantitative estimate of drug-likeness (QED) is 0.275. The molecule has 4 aromatic rings. The Morgan fingerprint density at radius 3 is 2.80 bits per heavy atom. The van der Waals surface area contributed by atoms with E-state index in [1.165, 1.54) is 4.90 Å². The maximum Gasteiger partial charge on any atom is 0.326 e. The molecule has 1 aromatic carbocycles. The molecule has 49 heavy (non-hydrogen) atoms. The molecule has 0 saturated carbocycles. The van der Waals surface area contributed by atoms with E-state index in [1.807, 2.05) is 6.07 Å². The summed E-state index contributed by atoms with van der Waals surface area (Å²) in [5, 5.41) is 10.8. The number of ether oxygens (including phenoxy) is 4. The molecule has 0 aliphatic carbocycles. The number of carboxylic acids is 1. The van der Waals surface area contributed by atoms with E-state index in [1.54, 1.807) is 30.5 Å². The lowest BCUT2D eigenvalue weighted by molar-refractivity contribution is -0.228. The molecule has 4 fully saturated rings. The van der Waals surface area contributed by atoms with Crippen molar-refractivity contribution in [3.8, 4) is 17.7 Å². The lowest BCUT2D eigenvalue weighted by Gasteiger charge is -2.53. The van der Waals surface area contributed by atoms with Gasteiger partial charge in [0.25, 0.3) is 6.43 Å². The summed E-state index contributed by atoms with van der Waals surface area (Å²) >= 11 is 0. The predicted octanol–water partition coefficient (Wildman–Crippen LogP) is 4.59. The van der Waals surface area contributed by atoms with Gasteiger partial charge in [0.15, 0.2) is 17.2 Å². The van der Waals surface area contributed by atoms with E-state index in [4.69, 9.17) is 28.3 Å². The van der Waals surface area contributed by atoms with Crippen LogP contribution in [0.15, 0.2) is 40.9 Å². The Morgan fingerprint density at radius 1 is 1.18 bits per heavy atom. The molecule has 12 nitrogen and oxygen atoms in total. The highest BCUT2D eigenvalue weighted by Crippen LogP contribution is 2.41. The molecule has 7 heterocycles. The van der Waals surface area contributed by atoms with E-state index in [0.29, 0.717) is 54.8 Å². The van der Waals surface area contributed by atoms with Crippen molar-refractivity contribution in [1.29, 1.82) is 0 Å². The van der Waals surface area contributed by atoms with Crippen LogP contribution in [0.2, 0.25) is 0 Å². The van der Waals surface area contributed by atoms with Gasteiger partial charge in [-0.1, -0.05) is 24.0 Å². The number of anilines is 2. The SMILES string of the molecule is C[C@@H]1N(c2cc(C#CCC3CCOC3)cnc2O[C@H]2C[C@@H](C(=O)O)N(c3nc(C(F)F)nc4c3oc3ccccc34)C2)CCOC12COC2. The Hall–Kier alpha value is -4.58. The van der Waals surface area contributed by atoms with Gasteiger partial charge < -0.3 is 38.3 Å². The molecule has 4 aliphatic rings. The smallest absolute Gasteiger partial charge is 0.326 e. The molecule has 14 heteroatoms. The first-order valence-corrected chi connectivity index (χ1v) is 16.5. The van der Waals surface area contributed by atoms with Crippen LogP contribution in [0.25, 0.3) is 22.1 Å². The van der Waals surface area contributed by atoms with Gasteiger partial charge in [0.05, 0.1) is 39.0 Å². The first kappa shape index (κ1) is 31.7. The number of fused-ring (bicyclic) bond motifs is 3. The number of hydrogen-bond acceptors (Lipinski definition) is 11. The van der Waals surface area contributed by atoms with E-state index < -0.39 is 36.0 Å². The first-order valence-electron chi connectivity index (χ1n) is 16.5. The highest BCUT2D eigenvalue weighted by Gasteiger charge is 2.50. The summed E-state index contributed by atoms with van der Waals surface area (Å²) in [5.41, 5.74) is 1.75. The number of pyridine rings is 1. The van der Waals surface area contributed by atoms with Crippen LogP contribution in [0.4, 0.5) is 20.3 Å². The zero-order valence-corrected chi connectivity index (χ0v) is 26.8. The van der Waals surface area contributed by atoms with Crippen LogP contribution >= 0.6 is 0 Å². The Labute approximate surface area is 280 Å². The molecule has 0 amide bonds. The van der Waals surface area contributed by atoms with E-state index in [9.17, 15) is 18.7 Å². The second-order valence-corrected chi connectivity index (χ2v) is 13.0. The predicted molar refractivity (Wildman–Crippen MR) is 173 cm³/mol. The van der Waals surface area contributed by atoms with Crippen LogP contribution < -0.4 is 14.5 Å². The lowest BCUT2D eigenvalue weighted by atomic mass is 9.90. The number of carbonyl (C=O) groups is 1. The highest BCUT2D eigenvalue weighted by molar-refractivity contribution is 6.06. The third-order valence-corrected chi connectivity index (χ3v) is 9.94. The molecule has 4 aliphatic heterocycles. The summed E-state index contributed by atoms with van der Waals surface area (Å²) in [7, 11) is 0. The number of carboxylic acid groups (broad SMARTS) is 1. The summed E-state index contributed by atoms with van der Waals surface area (Å²) in [6.07, 6.45) is -0.221. The maximum absolute atomic E-state index is 14.1. The van der Waals surface area contributed by atoms with Gasteiger partial charge in [-0.2, -0.15) is 0 Å². The van der Waals surface area contributed by atoms with Crippen LogP contribution in [0.5, 0.6) is 5.88 Å². The number of rotatable bonds is 7. The second kappa shape index (κ2) is 12.7. The molecular formula is C35H35F2N5O7. The van der Waals surface area contributed by atoms with Crippen LogP contribution in [-0.2, 0) is 19.0 Å². The third-order valence-electron chi connectivity index (χ3n) is 9.94. The van der Waals surface area contributed by atoms with Gasteiger partial charge in [-0.05, 0) is 37.5 Å². The minimum atomic E-state index is -2.98. The first-order chi connectivity index (χ1) is 23.8. The molecule has 4 saturated heterocycles. The Bertz CT molecular complexity index is 1950. The van der Waals surface area contributed by atoms with Gasteiger partial charge in [-0.25, -0.2) is 28.5 Å². The molecule has 0 bridgehead atoms. The van der Waals surface area contributed by atoms with Crippen molar-refractivity contribution in [2.45, 2.75) is 56.4 Å². The van der Waals surface area contributed by atoms with Gasteiger partial charge in [-0.3, -0.25) is 0 Å². The number of alkyl halides is 2. The van der Waals surface area contributed by atoms with Gasteiger partial charge in [0.1, 0.15) is 34.5 Å². The van der Waals surface area contributed by atoms with Gasteiger partial charge in [0.2, 0.25) is 5.88 Å². The summed E-state index contributed by atoms with van der Waals surface area (Å²) in [5.74, 6) is 5.39. The van der Waals surface area contributed by atoms with E-state index >= 15 is 0 Å². The zero-order chi connectivity index (χ0) is 33.7. The monoisotopic (exact) mass is 675 g/mol. The molecule has 4 atom stereocenters. The Kier molecular flexibility index (Phi) is 8.21. The molecule has 8 rings (SSSR count). The van der Waals surface area contributed by atoms with Gasteiger partial charge in [0, 0.05) is 43.1 Å². The van der Waals surface area contributed by atoms with E-state index in [0.717, 1.165) is 31.6 Å². The topological polar surface area (TPSA) is 133 Å². The van der Waals surface area contributed by atoms with Crippen molar-refractivity contribution >= 4 is 39.5 Å². The molecule has 1 spiro atoms. The molecule has 3 aromatic heterocycles. The second-order valence-electron chi connectivity index (χ2n) is 13.0. The zero-order valence-electron chi connectivity index (χ0n) is 26.8. The van der Waals surface area contributed by atoms with Crippen LogP contribution in [-0.4, -0.2) is 95.9 Å². The minimum Gasteiger partial charge on any atom is -0.480 e. The number of halogens is 2. The number of hydrogen-bond donors (Lipinski definition) is 1. The number of para-hydroxylation sites is 1. The maximum atomic E-state index is 14.1. The molecule has 256 valence electrons. The molecular weight excluding hydrogens is 640 g/mol. The van der Waals surface area contributed by atoms with Crippen LogP contribution in [0.3, 0.4) is 0 Å². The molecule has 1 N–H and O–H groups in total. The lowest BCUT2D eigenvalue weighted by Crippen LogP contribution is -2.68. The number of furan rings is 1. The number of morpholine rings is 1. The summed E-state index contributed by atoms with van der Waals surface area (Å²) in [6.45, 7) is 5.61. The minimum absolute atomic E-state index is 0.0183. The van der Waals surface area contributed by atoms with Crippen LogP contribution in [0.1, 0.15) is 44.0 Å². The van der Waals surface area contributed by atoms with Crippen LogP contribution in [0, 0.1) is 17.8 Å². The number of benzene rings is 1. The Balaban J connectivity index is 1.13. The fourth-order valence-electron chi connectivity index (χ4n) is 7.14. The average Bonchev–Trinajstić information content (AvgIpc) is 3.84. The van der Waals surface area contributed by atoms with Crippen molar-refractivity contribution in [3.63, 3.8) is 0 Å². The van der Waals surface area contributed by atoms with Gasteiger partial charge >= 0.3 is 5.97 Å². The highest BCUT2D eigenvalue weighted by atomic mass is 19.3. The van der Waals surface area contributed by atoms with Crippen molar-refractivity contribution in [3.05, 3.63) is 47.9 Å². The summed E-state index contributed by atoms with van der Waals surface area (Å²) in [4.78, 5) is 29.2. The molecule has 1 unspecified atom stereocenters. The summed E-state index contributed by atoms with van der Waals surface area (Å²) in [6, 6.07) is 7.68.